The van der Waals surface area contributed by atoms with Crippen molar-refractivity contribution in [3.63, 3.8) is 0 Å². The molecule has 0 spiro atoms. The van der Waals surface area contributed by atoms with Crippen LogP contribution < -0.4 is 10.5 Å². The first-order valence-corrected chi connectivity index (χ1v) is 5.18. The first-order valence-electron chi connectivity index (χ1n) is 5.18. The molecule has 0 bridgehead atoms. The van der Waals surface area contributed by atoms with Gasteiger partial charge in [0.1, 0.15) is 5.75 Å². The molecule has 1 aromatic rings. The molecule has 0 atom stereocenters. The van der Waals surface area contributed by atoms with Crippen molar-refractivity contribution in [2.24, 2.45) is 5.73 Å². The minimum atomic E-state index is -2.98. The lowest BCUT2D eigenvalue weighted by Gasteiger charge is -2.18. The van der Waals surface area contributed by atoms with E-state index in [-0.39, 0.29) is 11.5 Å². The second kappa shape index (κ2) is 4.78. The standard InChI is InChI=1S/C12H17F2NO/c1-8(2)10-6-9(12(13,14)7-15)4-5-11(10)16-3/h4-6,8H,7,15H2,1-3H3. The third-order valence-corrected chi connectivity index (χ3v) is 2.53. The number of nitrogens with two attached hydrogens (primary N) is 1. The molecule has 0 aromatic heterocycles. The summed E-state index contributed by atoms with van der Waals surface area (Å²) in [6.45, 7) is 3.18. The lowest BCUT2D eigenvalue weighted by molar-refractivity contribution is 0.00582. The Bertz CT molecular complexity index is 364. The highest BCUT2D eigenvalue weighted by Crippen LogP contribution is 2.33. The second-order valence-electron chi connectivity index (χ2n) is 4.02. The van der Waals surface area contributed by atoms with Crippen LogP contribution in [-0.4, -0.2) is 13.7 Å². The quantitative estimate of drug-likeness (QED) is 0.861. The van der Waals surface area contributed by atoms with Crippen LogP contribution in [0.2, 0.25) is 0 Å². The largest absolute Gasteiger partial charge is 0.496 e. The van der Waals surface area contributed by atoms with Crippen molar-refractivity contribution >= 4 is 0 Å². The SMILES string of the molecule is COc1ccc(C(F)(F)CN)cc1C(C)C. The van der Waals surface area contributed by atoms with E-state index in [4.69, 9.17) is 10.5 Å². The molecule has 0 saturated heterocycles. The van der Waals surface area contributed by atoms with Gasteiger partial charge in [-0.3, -0.25) is 0 Å². The van der Waals surface area contributed by atoms with Crippen LogP contribution >= 0.6 is 0 Å². The van der Waals surface area contributed by atoms with Crippen LogP contribution in [0.3, 0.4) is 0 Å². The van der Waals surface area contributed by atoms with Crippen LogP contribution in [0, 0.1) is 0 Å². The highest BCUT2D eigenvalue weighted by molar-refractivity contribution is 5.40. The molecule has 90 valence electrons. The fourth-order valence-electron chi connectivity index (χ4n) is 1.53. The van der Waals surface area contributed by atoms with Crippen molar-refractivity contribution in [2.45, 2.75) is 25.7 Å². The van der Waals surface area contributed by atoms with Gasteiger partial charge in [0.25, 0.3) is 5.92 Å². The maximum Gasteiger partial charge on any atom is 0.285 e. The number of hydrogen-bond donors (Lipinski definition) is 1. The number of ether oxygens (including phenoxy) is 1. The lowest BCUT2D eigenvalue weighted by atomic mass is 9.97. The van der Waals surface area contributed by atoms with Gasteiger partial charge in [0.15, 0.2) is 0 Å². The van der Waals surface area contributed by atoms with E-state index in [1.165, 1.54) is 19.2 Å². The zero-order chi connectivity index (χ0) is 12.3. The summed E-state index contributed by atoms with van der Waals surface area (Å²) < 4.78 is 31.9. The van der Waals surface area contributed by atoms with Crippen LogP contribution in [0.1, 0.15) is 30.9 Å². The van der Waals surface area contributed by atoms with Crippen molar-refractivity contribution < 1.29 is 13.5 Å². The molecular formula is C12H17F2NO. The normalized spacial score (nSPS) is 11.9. The molecule has 1 aromatic carbocycles. The maximum atomic E-state index is 13.4. The Kier molecular flexibility index (Phi) is 3.86. The molecule has 0 unspecified atom stereocenters. The minimum absolute atomic E-state index is 0.0560. The van der Waals surface area contributed by atoms with E-state index in [9.17, 15) is 8.78 Å². The summed E-state index contributed by atoms with van der Waals surface area (Å²) in [5, 5.41) is 0. The third kappa shape index (κ3) is 2.50. The average molecular weight is 229 g/mol. The van der Waals surface area contributed by atoms with Crippen LogP contribution in [-0.2, 0) is 5.92 Å². The molecule has 2 nitrogen and oxygen atoms in total. The van der Waals surface area contributed by atoms with Gasteiger partial charge in [0, 0.05) is 5.56 Å². The Labute approximate surface area is 94.4 Å². The molecule has 16 heavy (non-hydrogen) atoms. The molecule has 1 rings (SSSR count). The van der Waals surface area contributed by atoms with E-state index >= 15 is 0 Å². The van der Waals surface area contributed by atoms with Gasteiger partial charge in [-0.25, -0.2) is 0 Å². The summed E-state index contributed by atoms with van der Waals surface area (Å²) in [6, 6.07) is 4.39. The van der Waals surface area contributed by atoms with Crippen LogP contribution in [0.15, 0.2) is 18.2 Å². The van der Waals surface area contributed by atoms with E-state index in [0.717, 1.165) is 5.56 Å². The fraction of sp³-hybridized carbons (Fsp3) is 0.500. The Balaban J connectivity index is 3.22. The highest BCUT2D eigenvalue weighted by Gasteiger charge is 2.30. The van der Waals surface area contributed by atoms with Crippen molar-refractivity contribution in [1.29, 1.82) is 0 Å². The summed E-state index contributed by atoms with van der Waals surface area (Å²) in [5.74, 6) is -2.22. The Morgan fingerprint density at radius 3 is 2.44 bits per heavy atom. The number of hydrogen-bond acceptors (Lipinski definition) is 2. The Morgan fingerprint density at radius 2 is 2.00 bits per heavy atom. The van der Waals surface area contributed by atoms with E-state index in [1.807, 2.05) is 13.8 Å². The summed E-state index contributed by atoms with van der Waals surface area (Å²) in [5.41, 5.74) is 5.77. The smallest absolute Gasteiger partial charge is 0.285 e. The van der Waals surface area contributed by atoms with Gasteiger partial charge in [0.05, 0.1) is 13.7 Å². The monoisotopic (exact) mass is 229 g/mol. The zero-order valence-corrected chi connectivity index (χ0v) is 9.76. The number of methoxy groups -OCH3 is 1. The molecule has 4 heteroatoms. The molecule has 0 aliphatic heterocycles. The van der Waals surface area contributed by atoms with Gasteiger partial charge in [-0.05, 0) is 29.7 Å². The Morgan fingerprint density at radius 1 is 1.38 bits per heavy atom. The molecule has 0 saturated carbocycles. The average Bonchev–Trinajstić information content (AvgIpc) is 2.28. The fourth-order valence-corrected chi connectivity index (χ4v) is 1.53. The van der Waals surface area contributed by atoms with Crippen LogP contribution in [0.4, 0.5) is 8.78 Å². The maximum absolute atomic E-state index is 13.4. The van der Waals surface area contributed by atoms with Gasteiger partial charge >= 0.3 is 0 Å². The number of benzene rings is 1. The van der Waals surface area contributed by atoms with Crippen LogP contribution in [0.25, 0.3) is 0 Å². The zero-order valence-electron chi connectivity index (χ0n) is 9.76. The Hall–Kier alpha value is -1.16. The number of alkyl halides is 2. The second-order valence-corrected chi connectivity index (χ2v) is 4.02. The summed E-state index contributed by atoms with van der Waals surface area (Å²) in [7, 11) is 1.53. The van der Waals surface area contributed by atoms with Gasteiger partial charge in [0.2, 0.25) is 0 Å². The van der Waals surface area contributed by atoms with Crippen LogP contribution in [0.5, 0.6) is 5.75 Å². The van der Waals surface area contributed by atoms with Crippen molar-refractivity contribution in [3.05, 3.63) is 29.3 Å². The van der Waals surface area contributed by atoms with E-state index in [1.54, 1.807) is 6.07 Å². The van der Waals surface area contributed by atoms with Crippen molar-refractivity contribution in [3.8, 4) is 5.75 Å². The summed E-state index contributed by atoms with van der Waals surface area (Å²) in [4.78, 5) is 0. The first-order chi connectivity index (χ1) is 7.42. The van der Waals surface area contributed by atoms with Gasteiger partial charge in [-0.15, -0.1) is 0 Å². The molecule has 0 aliphatic carbocycles. The topological polar surface area (TPSA) is 35.2 Å². The third-order valence-electron chi connectivity index (χ3n) is 2.53. The molecule has 0 aliphatic rings. The van der Waals surface area contributed by atoms with Crippen molar-refractivity contribution in [1.82, 2.24) is 0 Å². The van der Waals surface area contributed by atoms with Gasteiger partial charge in [-0.2, -0.15) is 8.78 Å². The van der Waals surface area contributed by atoms with E-state index in [0.29, 0.717) is 5.75 Å². The first kappa shape index (κ1) is 12.9. The van der Waals surface area contributed by atoms with Gasteiger partial charge < -0.3 is 10.5 Å². The molecule has 0 fully saturated rings. The summed E-state index contributed by atoms with van der Waals surface area (Å²) >= 11 is 0. The predicted octanol–water partition coefficient (Wildman–Crippen LogP) is 2.87. The molecule has 0 heterocycles. The molecular weight excluding hydrogens is 212 g/mol. The number of halogens is 2. The van der Waals surface area contributed by atoms with Gasteiger partial charge in [-0.1, -0.05) is 13.8 Å². The highest BCUT2D eigenvalue weighted by atomic mass is 19.3. The van der Waals surface area contributed by atoms with Crippen molar-refractivity contribution in [2.75, 3.05) is 13.7 Å². The van der Waals surface area contributed by atoms with E-state index < -0.39 is 12.5 Å². The molecule has 0 radical (unpaired) electrons. The van der Waals surface area contributed by atoms with E-state index in [2.05, 4.69) is 0 Å². The molecule has 2 N–H and O–H groups in total. The lowest BCUT2D eigenvalue weighted by Crippen LogP contribution is -2.25. The predicted molar refractivity (Wildman–Crippen MR) is 60.0 cm³/mol. The summed E-state index contributed by atoms with van der Waals surface area (Å²) in [6.07, 6.45) is 0. The molecule has 0 amide bonds. The number of rotatable bonds is 4. The minimum Gasteiger partial charge on any atom is -0.496 e.